The molecule has 1 atom stereocenters. The molecule has 0 aliphatic carbocycles. The van der Waals surface area contributed by atoms with Crippen LogP contribution in [-0.2, 0) is 13.0 Å². The summed E-state index contributed by atoms with van der Waals surface area (Å²) in [5, 5.41) is 15.1. The van der Waals surface area contributed by atoms with Crippen LogP contribution in [0.25, 0.3) is 0 Å². The Morgan fingerprint density at radius 1 is 1.12 bits per heavy atom. The molecule has 0 radical (unpaired) electrons. The van der Waals surface area contributed by atoms with Gasteiger partial charge in [-0.2, -0.15) is 0 Å². The molecular formula is C23H39IN6O2. The second-order valence-corrected chi connectivity index (χ2v) is 7.24. The highest BCUT2D eigenvalue weighted by atomic mass is 127. The van der Waals surface area contributed by atoms with Crippen molar-refractivity contribution in [2.45, 2.75) is 66.5 Å². The number of hydrogen-bond acceptors (Lipinski definition) is 5. The summed E-state index contributed by atoms with van der Waals surface area (Å²) in [5.41, 5.74) is 1.11. The van der Waals surface area contributed by atoms with Gasteiger partial charge in [-0.05, 0) is 44.9 Å². The molecule has 1 aromatic carbocycles. The molecule has 0 fully saturated rings. The van der Waals surface area contributed by atoms with Gasteiger partial charge in [0, 0.05) is 26.1 Å². The van der Waals surface area contributed by atoms with Crippen LogP contribution in [0.2, 0.25) is 0 Å². The average molecular weight is 559 g/mol. The molecule has 0 amide bonds. The Kier molecular flexibility index (Phi) is 13.7. The summed E-state index contributed by atoms with van der Waals surface area (Å²) in [6.45, 7) is 13.9. The molecule has 0 aliphatic rings. The average Bonchev–Trinajstić information content (AvgIpc) is 3.22. The molecule has 1 aromatic heterocycles. The van der Waals surface area contributed by atoms with Gasteiger partial charge in [0.1, 0.15) is 12.2 Å². The smallest absolute Gasteiger partial charge is 0.191 e. The van der Waals surface area contributed by atoms with Crippen molar-refractivity contribution in [2.75, 3.05) is 26.3 Å². The Labute approximate surface area is 209 Å². The molecule has 1 heterocycles. The van der Waals surface area contributed by atoms with Crippen LogP contribution in [0.4, 0.5) is 0 Å². The minimum Gasteiger partial charge on any atom is -0.490 e. The number of rotatable bonds is 13. The van der Waals surface area contributed by atoms with E-state index in [-0.39, 0.29) is 30.0 Å². The Hall–Kier alpha value is -2.04. The van der Waals surface area contributed by atoms with Gasteiger partial charge in [-0.1, -0.05) is 26.3 Å². The molecule has 0 aliphatic heterocycles. The van der Waals surface area contributed by atoms with E-state index in [1.165, 1.54) is 0 Å². The molecule has 2 aromatic rings. The molecule has 1 unspecified atom stereocenters. The summed E-state index contributed by atoms with van der Waals surface area (Å²) in [7, 11) is 0. The quantitative estimate of drug-likeness (QED) is 0.165. The van der Waals surface area contributed by atoms with Crippen LogP contribution < -0.4 is 20.1 Å². The lowest BCUT2D eigenvalue weighted by Crippen LogP contribution is -2.40. The predicted octanol–water partition coefficient (Wildman–Crippen LogP) is 4.35. The largest absolute Gasteiger partial charge is 0.490 e. The number of halogens is 1. The number of nitrogens with zero attached hydrogens (tertiary/aromatic N) is 4. The van der Waals surface area contributed by atoms with Crippen molar-refractivity contribution >= 4 is 29.9 Å². The van der Waals surface area contributed by atoms with Crippen molar-refractivity contribution in [1.29, 1.82) is 0 Å². The van der Waals surface area contributed by atoms with E-state index < -0.39 is 0 Å². The third kappa shape index (κ3) is 8.84. The van der Waals surface area contributed by atoms with E-state index in [4.69, 9.17) is 14.5 Å². The van der Waals surface area contributed by atoms with Gasteiger partial charge in [-0.3, -0.25) is 4.99 Å². The van der Waals surface area contributed by atoms with Gasteiger partial charge in [-0.15, -0.1) is 34.2 Å². The normalized spacial score (nSPS) is 12.1. The lowest BCUT2D eigenvalue weighted by molar-refractivity contribution is 0.287. The molecule has 0 saturated carbocycles. The lowest BCUT2D eigenvalue weighted by Gasteiger charge is -2.20. The number of aliphatic imine (C=N–C) groups is 1. The number of hydrogen-bond donors (Lipinski definition) is 2. The number of benzene rings is 1. The van der Waals surface area contributed by atoms with Crippen LogP contribution in [0.3, 0.4) is 0 Å². The maximum atomic E-state index is 5.78. The molecule has 32 heavy (non-hydrogen) atoms. The Balaban J connectivity index is 0.00000512. The second kappa shape index (κ2) is 15.7. The van der Waals surface area contributed by atoms with Crippen molar-refractivity contribution in [2.24, 2.45) is 4.99 Å². The van der Waals surface area contributed by atoms with Crippen LogP contribution in [-0.4, -0.2) is 47.0 Å². The van der Waals surface area contributed by atoms with E-state index >= 15 is 0 Å². The van der Waals surface area contributed by atoms with Crippen LogP contribution in [0.15, 0.2) is 29.5 Å². The van der Waals surface area contributed by atoms with E-state index in [0.29, 0.717) is 13.2 Å². The SMILES string of the molecule is CCCCN=C(NCCn1cnnc1CC)NC(C)c1ccc(OCC)c(OCC)c1.I. The fourth-order valence-electron chi connectivity index (χ4n) is 3.16. The van der Waals surface area contributed by atoms with Gasteiger partial charge >= 0.3 is 0 Å². The highest BCUT2D eigenvalue weighted by Crippen LogP contribution is 2.30. The molecular weight excluding hydrogens is 519 g/mol. The summed E-state index contributed by atoms with van der Waals surface area (Å²) in [4.78, 5) is 4.74. The molecule has 8 nitrogen and oxygen atoms in total. The Morgan fingerprint density at radius 3 is 2.56 bits per heavy atom. The van der Waals surface area contributed by atoms with Crippen molar-refractivity contribution in [1.82, 2.24) is 25.4 Å². The van der Waals surface area contributed by atoms with E-state index in [2.05, 4.69) is 52.2 Å². The zero-order valence-corrected chi connectivity index (χ0v) is 22.4. The number of aromatic nitrogens is 3. The molecule has 0 spiro atoms. The summed E-state index contributed by atoms with van der Waals surface area (Å²) < 4.78 is 13.5. The van der Waals surface area contributed by atoms with E-state index in [9.17, 15) is 0 Å². The minimum absolute atomic E-state index is 0. The van der Waals surface area contributed by atoms with Crippen LogP contribution in [0.5, 0.6) is 11.5 Å². The third-order valence-corrected chi connectivity index (χ3v) is 4.86. The van der Waals surface area contributed by atoms with Gasteiger partial charge in [-0.25, -0.2) is 0 Å². The maximum absolute atomic E-state index is 5.78. The van der Waals surface area contributed by atoms with Gasteiger partial charge in [0.2, 0.25) is 0 Å². The summed E-state index contributed by atoms with van der Waals surface area (Å²) >= 11 is 0. The minimum atomic E-state index is 0. The van der Waals surface area contributed by atoms with Crippen LogP contribution in [0, 0.1) is 0 Å². The molecule has 9 heteroatoms. The topological polar surface area (TPSA) is 85.6 Å². The summed E-state index contributed by atoms with van der Waals surface area (Å²) in [5.74, 6) is 3.34. The van der Waals surface area contributed by atoms with E-state index in [1.54, 1.807) is 6.33 Å². The number of ether oxygens (including phenoxy) is 2. The standard InChI is InChI=1S/C23H38N6O2.HI/c1-6-10-13-24-23(25-14-15-29-17-26-28-22(29)7-2)27-18(5)19-11-12-20(30-8-3)21(16-19)31-9-4;/h11-12,16-18H,6-10,13-15H2,1-5H3,(H2,24,25,27);1H. The van der Waals surface area contributed by atoms with Crippen LogP contribution >= 0.6 is 24.0 Å². The lowest BCUT2D eigenvalue weighted by atomic mass is 10.1. The third-order valence-electron chi connectivity index (χ3n) is 4.86. The van der Waals surface area contributed by atoms with Crippen LogP contribution in [0.1, 0.15) is 64.9 Å². The van der Waals surface area contributed by atoms with E-state index in [0.717, 1.165) is 67.7 Å². The monoisotopic (exact) mass is 558 g/mol. The highest BCUT2D eigenvalue weighted by molar-refractivity contribution is 14.0. The highest BCUT2D eigenvalue weighted by Gasteiger charge is 2.13. The van der Waals surface area contributed by atoms with Crippen molar-refractivity contribution in [3.05, 3.63) is 35.9 Å². The number of nitrogens with one attached hydrogen (secondary N) is 2. The summed E-state index contributed by atoms with van der Waals surface area (Å²) in [6, 6.07) is 6.14. The molecule has 2 rings (SSSR count). The van der Waals surface area contributed by atoms with E-state index in [1.807, 2.05) is 26.0 Å². The Morgan fingerprint density at radius 2 is 1.88 bits per heavy atom. The first-order valence-electron chi connectivity index (χ1n) is 11.4. The van der Waals surface area contributed by atoms with Crippen molar-refractivity contribution in [3.63, 3.8) is 0 Å². The molecule has 0 saturated heterocycles. The fraction of sp³-hybridized carbons (Fsp3) is 0.609. The van der Waals surface area contributed by atoms with Gasteiger partial charge in [0.05, 0.1) is 19.3 Å². The first-order chi connectivity index (χ1) is 15.1. The zero-order valence-electron chi connectivity index (χ0n) is 20.1. The predicted molar refractivity (Wildman–Crippen MR) is 140 cm³/mol. The molecule has 180 valence electrons. The zero-order chi connectivity index (χ0) is 22.5. The molecule has 0 bridgehead atoms. The first-order valence-corrected chi connectivity index (χ1v) is 11.4. The first kappa shape index (κ1) is 28.0. The van der Waals surface area contributed by atoms with Crippen molar-refractivity contribution in [3.8, 4) is 11.5 Å². The maximum Gasteiger partial charge on any atom is 0.191 e. The van der Waals surface area contributed by atoms with Gasteiger partial charge in [0.25, 0.3) is 0 Å². The summed E-state index contributed by atoms with van der Waals surface area (Å²) in [6.07, 6.45) is 4.82. The van der Waals surface area contributed by atoms with Crippen molar-refractivity contribution < 1.29 is 9.47 Å². The number of unbranched alkanes of at least 4 members (excludes halogenated alkanes) is 1. The number of aryl methyl sites for hydroxylation is 1. The van der Waals surface area contributed by atoms with Gasteiger partial charge in [0.15, 0.2) is 17.5 Å². The second-order valence-electron chi connectivity index (χ2n) is 7.24. The Bertz CT molecular complexity index is 812. The van der Waals surface area contributed by atoms with Gasteiger partial charge < -0.3 is 24.7 Å². The number of guanidine groups is 1. The fourth-order valence-corrected chi connectivity index (χ4v) is 3.16. The molecule has 2 N–H and O–H groups in total.